The van der Waals surface area contributed by atoms with Gasteiger partial charge in [-0.3, -0.25) is 4.90 Å². The largest absolute Gasteiger partial charge is 0.327 e. The summed E-state index contributed by atoms with van der Waals surface area (Å²) in [5, 5.41) is 0. The van der Waals surface area contributed by atoms with Gasteiger partial charge in [-0.1, -0.05) is 6.92 Å². The second kappa shape index (κ2) is 3.35. The van der Waals surface area contributed by atoms with Crippen LogP contribution in [0.25, 0.3) is 0 Å². The quantitative estimate of drug-likeness (QED) is 0.596. The van der Waals surface area contributed by atoms with Gasteiger partial charge in [-0.15, -0.1) is 0 Å². The van der Waals surface area contributed by atoms with Crippen LogP contribution in [0.5, 0.6) is 0 Å². The third kappa shape index (κ3) is 2.20. The van der Waals surface area contributed by atoms with Crippen molar-refractivity contribution in [1.82, 2.24) is 4.90 Å². The van der Waals surface area contributed by atoms with Crippen LogP contribution in [0.15, 0.2) is 0 Å². The average molecular weight is 170 g/mol. The second-order valence-corrected chi connectivity index (χ2v) is 5.05. The van der Waals surface area contributed by atoms with Crippen molar-refractivity contribution in [3.63, 3.8) is 0 Å². The van der Waals surface area contributed by atoms with Gasteiger partial charge in [-0.05, 0) is 33.1 Å². The van der Waals surface area contributed by atoms with Gasteiger partial charge in [0.05, 0.1) is 0 Å². The maximum atomic E-state index is 5.96. The van der Waals surface area contributed by atoms with E-state index in [2.05, 4.69) is 32.6 Å². The van der Waals surface area contributed by atoms with E-state index in [1.165, 1.54) is 0 Å². The maximum absolute atomic E-state index is 5.96. The van der Waals surface area contributed by atoms with E-state index < -0.39 is 0 Å². The Balaban J connectivity index is 2.51. The number of nitrogens with zero attached hydrogens (tertiary/aromatic N) is 1. The molecule has 0 radical (unpaired) electrons. The fourth-order valence-corrected chi connectivity index (χ4v) is 1.77. The minimum atomic E-state index is 0.314. The number of hydrogen-bond donors (Lipinski definition) is 1. The van der Waals surface area contributed by atoms with Crippen LogP contribution in [-0.4, -0.2) is 29.6 Å². The van der Waals surface area contributed by atoms with Crippen molar-refractivity contribution in [1.29, 1.82) is 0 Å². The monoisotopic (exact) mass is 170 g/mol. The molecule has 1 aliphatic rings. The molecule has 0 aromatic carbocycles. The van der Waals surface area contributed by atoms with Crippen LogP contribution in [-0.2, 0) is 0 Å². The van der Waals surface area contributed by atoms with Crippen molar-refractivity contribution < 1.29 is 0 Å². The molecule has 0 aromatic rings. The van der Waals surface area contributed by atoms with E-state index >= 15 is 0 Å². The molecule has 2 N–H and O–H groups in total. The molecule has 12 heavy (non-hydrogen) atoms. The zero-order chi connectivity index (χ0) is 9.35. The van der Waals surface area contributed by atoms with E-state index in [0.717, 1.165) is 19.5 Å². The first-order valence-electron chi connectivity index (χ1n) is 4.92. The Kier molecular flexibility index (Phi) is 2.79. The highest BCUT2D eigenvalue weighted by molar-refractivity contribution is 4.86. The molecule has 2 nitrogen and oxygen atoms in total. The van der Waals surface area contributed by atoms with Crippen molar-refractivity contribution >= 4 is 0 Å². The van der Waals surface area contributed by atoms with Gasteiger partial charge in [0.1, 0.15) is 0 Å². The Labute approximate surface area is 76.1 Å². The molecule has 0 aliphatic carbocycles. The Morgan fingerprint density at radius 2 is 1.92 bits per heavy atom. The topological polar surface area (TPSA) is 29.3 Å². The third-order valence-corrected chi connectivity index (χ3v) is 2.92. The summed E-state index contributed by atoms with van der Waals surface area (Å²) < 4.78 is 0. The van der Waals surface area contributed by atoms with Crippen LogP contribution in [0.1, 0.15) is 34.1 Å². The van der Waals surface area contributed by atoms with Gasteiger partial charge < -0.3 is 5.73 Å². The summed E-state index contributed by atoms with van der Waals surface area (Å²) in [6.45, 7) is 11.4. The third-order valence-electron chi connectivity index (χ3n) is 2.92. The average Bonchev–Trinajstić information content (AvgIpc) is 1.92. The number of hydrogen-bond acceptors (Lipinski definition) is 2. The van der Waals surface area contributed by atoms with Crippen LogP contribution in [0.4, 0.5) is 0 Å². The SMILES string of the molecule is C[C@H]1CN(C(C)(C)C)CC[C@H]1N. The van der Waals surface area contributed by atoms with Crippen molar-refractivity contribution in [3.05, 3.63) is 0 Å². The lowest BCUT2D eigenvalue weighted by Gasteiger charge is -2.43. The molecule has 0 bridgehead atoms. The highest BCUT2D eigenvalue weighted by Crippen LogP contribution is 2.22. The predicted octanol–water partition coefficient (Wildman–Crippen LogP) is 1.45. The predicted molar refractivity (Wildman–Crippen MR) is 53.1 cm³/mol. The summed E-state index contributed by atoms with van der Waals surface area (Å²) in [4.78, 5) is 2.53. The fraction of sp³-hybridized carbons (Fsp3) is 1.00. The molecule has 1 aliphatic heterocycles. The molecule has 2 atom stereocenters. The molecule has 2 heteroatoms. The second-order valence-electron chi connectivity index (χ2n) is 5.05. The lowest BCUT2D eigenvalue weighted by atomic mass is 9.91. The van der Waals surface area contributed by atoms with Gasteiger partial charge in [0.15, 0.2) is 0 Å². The fourth-order valence-electron chi connectivity index (χ4n) is 1.77. The molecule has 72 valence electrons. The Morgan fingerprint density at radius 1 is 1.33 bits per heavy atom. The number of nitrogens with two attached hydrogens (primary N) is 1. The zero-order valence-electron chi connectivity index (χ0n) is 8.80. The highest BCUT2D eigenvalue weighted by Gasteiger charge is 2.29. The minimum Gasteiger partial charge on any atom is -0.327 e. The number of likely N-dealkylation sites (tertiary alicyclic amines) is 1. The van der Waals surface area contributed by atoms with E-state index in [9.17, 15) is 0 Å². The van der Waals surface area contributed by atoms with Crippen molar-refractivity contribution in [3.8, 4) is 0 Å². The number of rotatable bonds is 0. The first-order chi connectivity index (χ1) is 5.41. The smallest absolute Gasteiger partial charge is 0.0125 e. The summed E-state index contributed by atoms with van der Waals surface area (Å²) in [6.07, 6.45) is 1.15. The Bertz CT molecular complexity index is 148. The molecule has 1 fully saturated rings. The first kappa shape index (κ1) is 10.0. The lowest BCUT2D eigenvalue weighted by molar-refractivity contribution is 0.0741. The van der Waals surface area contributed by atoms with Crippen LogP contribution < -0.4 is 5.73 Å². The number of piperidine rings is 1. The zero-order valence-corrected chi connectivity index (χ0v) is 8.80. The normalized spacial score (nSPS) is 33.8. The minimum absolute atomic E-state index is 0.314. The molecule has 0 saturated carbocycles. The summed E-state index contributed by atoms with van der Waals surface area (Å²) in [5.41, 5.74) is 6.27. The molecular weight excluding hydrogens is 148 g/mol. The maximum Gasteiger partial charge on any atom is 0.0125 e. The molecule has 0 unspecified atom stereocenters. The first-order valence-corrected chi connectivity index (χ1v) is 4.92. The van der Waals surface area contributed by atoms with Crippen LogP contribution in [0, 0.1) is 5.92 Å². The van der Waals surface area contributed by atoms with Gasteiger partial charge in [0.25, 0.3) is 0 Å². The molecular formula is C10H22N2. The van der Waals surface area contributed by atoms with Gasteiger partial charge in [-0.2, -0.15) is 0 Å². The van der Waals surface area contributed by atoms with E-state index in [0.29, 0.717) is 17.5 Å². The molecule has 0 spiro atoms. The molecule has 0 amide bonds. The molecule has 1 saturated heterocycles. The summed E-state index contributed by atoms with van der Waals surface area (Å²) in [5.74, 6) is 0.651. The molecule has 1 heterocycles. The van der Waals surface area contributed by atoms with E-state index in [1.807, 2.05) is 0 Å². The Hall–Kier alpha value is -0.0800. The lowest BCUT2D eigenvalue weighted by Crippen LogP contribution is -2.52. The van der Waals surface area contributed by atoms with Gasteiger partial charge in [0.2, 0.25) is 0 Å². The van der Waals surface area contributed by atoms with Gasteiger partial charge in [0, 0.05) is 24.7 Å². The van der Waals surface area contributed by atoms with Crippen molar-refractivity contribution in [2.75, 3.05) is 13.1 Å². The summed E-state index contributed by atoms with van der Waals surface area (Å²) >= 11 is 0. The Morgan fingerprint density at radius 3 is 2.33 bits per heavy atom. The standard InChI is InChI=1S/C10H22N2/c1-8-7-12(10(2,3)4)6-5-9(8)11/h8-9H,5-7,11H2,1-4H3/t8-,9+/m0/s1. The molecule has 0 aromatic heterocycles. The van der Waals surface area contributed by atoms with Crippen molar-refractivity contribution in [2.45, 2.75) is 45.7 Å². The van der Waals surface area contributed by atoms with E-state index in [-0.39, 0.29) is 0 Å². The van der Waals surface area contributed by atoms with Gasteiger partial charge >= 0.3 is 0 Å². The summed E-state index contributed by atoms with van der Waals surface area (Å²) in [7, 11) is 0. The van der Waals surface area contributed by atoms with Crippen molar-refractivity contribution in [2.24, 2.45) is 11.7 Å². The van der Waals surface area contributed by atoms with Crippen LogP contribution in [0.2, 0.25) is 0 Å². The van der Waals surface area contributed by atoms with Crippen LogP contribution >= 0.6 is 0 Å². The van der Waals surface area contributed by atoms with E-state index in [1.54, 1.807) is 0 Å². The van der Waals surface area contributed by atoms with Gasteiger partial charge in [-0.25, -0.2) is 0 Å². The summed E-state index contributed by atoms with van der Waals surface area (Å²) in [6, 6.07) is 0.420. The van der Waals surface area contributed by atoms with E-state index in [4.69, 9.17) is 5.73 Å². The molecule has 1 rings (SSSR count). The highest BCUT2D eigenvalue weighted by atomic mass is 15.2. The van der Waals surface area contributed by atoms with Crippen LogP contribution in [0.3, 0.4) is 0 Å².